The maximum absolute atomic E-state index is 12.8. The molecule has 3 rings (SSSR count). The van der Waals surface area contributed by atoms with E-state index in [9.17, 15) is 14.9 Å². The fraction of sp³-hybridized carbons (Fsp3) is 0.632. The Morgan fingerprint density at radius 2 is 1.92 bits per heavy atom. The SMILES string of the molecule is CC(C)(C)c1ccc(C(=O)N2CCC3(CCNC3)CC2)cc1[N+](=O)[O-]. The minimum absolute atomic E-state index is 0.0341. The first-order valence-electron chi connectivity index (χ1n) is 9.01. The number of nitro groups is 1. The van der Waals surface area contributed by atoms with Gasteiger partial charge in [0.1, 0.15) is 0 Å². The Bertz CT molecular complexity index is 678. The number of rotatable bonds is 2. The number of nitro benzene ring substituents is 1. The third-order valence-corrected chi connectivity index (χ3v) is 5.69. The highest BCUT2D eigenvalue weighted by atomic mass is 16.6. The molecule has 2 aliphatic heterocycles. The first-order valence-corrected chi connectivity index (χ1v) is 9.01. The molecule has 0 unspecified atom stereocenters. The van der Waals surface area contributed by atoms with Gasteiger partial charge in [-0.1, -0.05) is 26.8 Å². The molecule has 0 bridgehead atoms. The van der Waals surface area contributed by atoms with E-state index in [1.807, 2.05) is 25.7 Å². The average Bonchev–Trinajstić information content (AvgIpc) is 3.01. The third kappa shape index (κ3) is 3.54. The van der Waals surface area contributed by atoms with Crippen LogP contribution >= 0.6 is 0 Å². The normalized spacial score (nSPS) is 20.0. The zero-order valence-electron chi connectivity index (χ0n) is 15.3. The summed E-state index contributed by atoms with van der Waals surface area (Å²) in [6.45, 7) is 9.39. The molecular weight excluding hydrogens is 318 g/mol. The lowest BCUT2D eigenvalue weighted by Crippen LogP contribution is -2.44. The summed E-state index contributed by atoms with van der Waals surface area (Å²) in [5.74, 6) is -0.0932. The van der Waals surface area contributed by atoms with E-state index in [4.69, 9.17) is 0 Å². The van der Waals surface area contributed by atoms with Crippen LogP contribution in [0.3, 0.4) is 0 Å². The molecular formula is C19H27N3O3. The van der Waals surface area contributed by atoms with Gasteiger partial charge in [-0.15, -0.1) is 0 Å². The third-order valence-electron chi connectivity index (χ3n) is 5.69. The van der Waals surface area contributed by atoms with Crippen LogP contribution < -0.4 is 5.32 Å². The van der Waals surface area contributed by atoms with Crippen LogP contribution in [0.4, 0.5) is 5.69 Å². The number of benzene rings is 1. The summed E-state index contributed by atoms with van der Waals surface area (Å²) < 4.78 is 0. The number of hydrogen-bond acceptors (Lipinski definition) is 4. The molecule has 1 amide bonds. The van der Waals surface area contributed by atoms with Crippen LogP contribution in [0.25, 0.3) is 0 Å². The van der Waals surface area contributed by atoms with Crippen molar-refractivity contribution in [3.05, 3.63) is 39.4 Å². The number of hydrogen-bond donors (Lipinski definition) is 1. The van der Waals surface area contributed by atoms with E-state index in [1.54, 1.807) is 12.1 Å². The van der Waals surface area contributed by atoms with Crippen molar-refractivity contribution in [1.82, 2.24) is 10.2 Å². The van der Waals surface area contributed by atoms with Crippen molar-refractivity contribution in [2.45, 2.75) is 45.4 Å². The van der Waals surface area contributed by atoms with Crippen molar-refractivity contribution in [3.8, 4) is 0 Å². The smallest absolute Gasteiger partial charge is 0.273 e. The minimum atomic E-state index is -0.382. The Hall–Kier alpha value is -1.95. The Kier molecular flexibility index (Phi) is 4.58. The van der Waals surface area contributed by atoms with Crippen LogP contribution in [0.1, 0.15) is 56.0 Å². The van der Waals surface area contributed by atoms with Gasteiger partial charge in [0, 0.05) is 36.8 Å². The van der Waals surface area contributed by atoms with Crippen molar-refractivity contribution in [2.75, 3.05) is 26.2 Å². The zero-order chi connectivity index (χ0) is 18.2. The quantitative estimate of drug-likeness (QED) is 0.660. The monoisotopic (exact) mass is 345 g/mol. The zero-order valence-corrected chi connectivity index (χ0v) is 15.3. The molecule has 0 aliphatic carbocycles. The Labute approximate surface area is 148 Å². The molecule has 6 heteroatoms. The maximum Gasteiger partial charge on any atom is 0.273 e. The van der Waals surface area contributed by atoms with Crippen LogP contribution in [-0.4, -0.2) is 41.9 Å². The number of carbonyl (C=O) groups is 1. The molecule has 1 aromatic rings. The highest BCUT2D eigenvalue weighted by molar-refractivity contribution is 5.95. The lowest BCUT2D eigenvalue weighted by molar-refractivity contribution is -0.386. The van der Waals surface area contributed by atoms with Crippen molar-refractivity contribution >= 4 is 11.6 Å². The second-order valence-corrected chi connectivity index (χ2v) is 8.46. The summed E-state index contributed by atoms with van der Waals surface area (Å²) in [6, 6.07) is 4.92. The molecule has 6 nitrogen and oxygen atoms in total. The van der Waals surface area contributed by atoms with Gasteiger partial charge < -0.3 is 10.2 Å². The van der Waals surface area contributed by atoms with Gasteiger partial charge in [-0.25, -0.2) is 0 Å². The van der Waals surface area contributed by atoms with Crippen LogP contribution in [0.5, 0.6) is 0 Å². The van der Waals surface area contributed by atoms with Crippen LogP contribution in [0.15, 0.2) is 18.2 Å². The fourth-order valence-electron chi connectivity index (χ4n) is 4.04. The lowest BCUT2D eigenvalue weighted by Gasteiger charge is -2.39. The summed E-state index contributed by atoms with van der Waals surface area (Å²) in [4.78, 5) is 25.8. The number of carbonyl (C=O) groups excluding carboxylic acids is 1. The molecule has 25 heavy (non-hydrogen) atoms. The van der Waals surface area contributed by atoms with Gasteiger partial charge in [-0.05, 0) is 42.7 Å². The number of likely N-dealkylation sites (tertiary alicyclic amines) is 1. The molecule has 2 fully saturated rings. The van der Waals surface area contributed by atoms with E-state index in [0.29, 0.717) is 16.5 Å². The van der Waals surface area contributed by atoms with Gasteiger partial charge in [0.15, 0.2) is 0 Å². The number of piperidine rings is 1. The molecule has 1 N–H and O–H groups in total. The van der Waals surface area contributed by atoms with Gasteiger partial charge >= 0.3 is 0 Å². The van der Waals surface area contributed by atoms with E-state index >= 15 is 0 Å². The van der Waals surface area contributed by atoms with Gasteiger partial charge in [0.05, 0.1) is 4.92 Å². The summed E-state index contributed by atoms with van der Waals surface area (Å²) in [7, 11) is 0. The number of nitrogens with zero attached hydrogens (tertiary/aromatic N) is 2. The fourth-order valence-corrected chi connectivity index (χ4v) is 4.04. The van der Waals surface area contributed by atoms with Crippen molar-refractivity contribution < 1.29 is 9.72 Å². The molecule has 136 valence electrons. The van der Waals surface area contributed by atoms with Crippen molar-refractivity contribution in [1.29, 1.82) is 0 Å². The van der Waals surface area contributed by atoms with E-state index < -0.39 is 0 Å². The predicted molar refractivity (Wildman–Crippen MR) is 96.9 cm³/mol. The topological polar surface area (TPSA) is 75.5 Å². The Balaban J connectivity index is 1.79. The molecule has 0 atom stereocenters. The molecule has 1 spiro atoms. The Morgan fingerprint density at radius 1 is 1.24 bits per heavy atom. The highest BCUT2D eigenvalue weighted by Crippen LogP contribution is 2.37. The maximum atomic E-state index is 12.8. The summed E-state index contributed by atoms with van der Waals surface area (Å²) in [6.07, 6.45) is 3.20. The lowest BCUT2D eigenvalue weighted by atomic mass is 9.77. The van der Waals surface area contributed by atoms with E-state index in [2.05, 4.69) is 5.32 Å². The van der Waals surface area contributed by atoms with E-state index in [0.717, 1.165) is 39.0 Å². The first kappa shape index (κ1) is 17.9. The summed E-state index contributed by atoms with van der Waals surface area (Å²) in [5.41, 5.74) is 1.12. The average molecular weight is 345 g/mol. The van der Waals surface area contributed by atoms with Crippen LogP contribution in [0.2, 0.25) is 0 Å². The predicted octanol–water partition coefficient (Wildman–Crippen LogP) is 3.11. The van der Waals surface area contributed by atoms with Gasteiger partial charge in [-0.2, -0.15) is 0 Å². The minimum Gasteiger partial charge on any atom is -0.339 e. The molecule has 2 aliphatic rings. The van der Waals surface area contributed by atoms with Crippen molar-refractivity contribution in [3.63, 3.8) is 0 Å². The molecule has 2 saturated heterocycles. The van der Waals surface area contributed by atoms with E-state index in [-0.39, 0.29) is 21.9 Å². The molecule has 2 heterocycles. The second kappa shape index (κ2) is 6.41. The van der Waals surface area contributed by atoms with Gasteiger partial charge in [-0.3, -0.25) is 14.9 Å². The van der Waals surface area contributed by atoms with Gasteiger partial charge in [0.2, 0.25) is 0 Å². The van der Waals surface area contributed by atoms with E-state index in [1.165, 1.54) is 12.5 Å². The largest absolute Gasteiger partial charge is 0.339 e. The molecule has 0 radical (unpaired) electrons. The molecule has 0 aromatic heterocycles. The second-order valence-electron chi connectivity index (χ2n) is 8.46. The summed E-state index contributed by atoms with van der Waals surface area (Å²) >= 11 is 0. The standard InChI is InChI=1S/C19H27N3O3/c1-18(2,3)15-5-4-14(12-16(15)22(24)25)17(23)21-10-7-19(8-11-21)6-9-20-13-19/h4-5,12,20H,6-11,13H2,1-3H3. The van der Waals surface area contributed by atoms with Crippen LogP contribution in [-0.2, 0) is 5.41 Å². The highest BCUT2D eigenvalue weighted by Gasteiger charge is 2.38. The summed E-state index contributed by atoms with van der Waals surface area (Å²) in [5, 5.41) is 14.9. The first-order chi connectivity index (χ1) is 11.7. The Morgan fingerprint density at radius 3 is 2.44 bits per heavy atom. The van der Waals surface area contributed by atoms with Crippen LogP contribution in [0, 0.1) is 15.5 Å². The molecule has 0 saturated carbocycles. The van der Waals surface area contributed by atoms with Gasteiger partial charge in [0.25, 0.3) is 11.6 Å². The number of nitrogens with one attached hydrogen (secondary N) is 1. The molecule has 1 aromatic carbocycles. The van der Waals surface area contributed by atoms with Crippen molar-refractivity contribution in [2.24, 2.45) is 5.41 Å². The number of amides is 1.